The molecule has 2 aromatic carbocycles. The van der Waals surface area contributed by atoms with Gasteiger partial charge in [-0.15, -0.1) is 0 Å². The quantitative estimate of drug-likeness (QED) is 0.901. The summed E-state index contributed by atoms with van der Waals surface area (Å²) >= 11 is 0. The lowest BCUT2D eigenvalue weighted by Crippen LogP contribution is -2.53. The predicted molar refractivity (Wildman–Crippen MR) is 98.3 cm³/mol. The molecule has 1 saturated carbocycles. The second kappa shape index (κ2) is 6.64. The molecule has 1 amide bonds. The van der Waals surface area contributed by atoms with E-state index in [2.05, 4.69) is 41.7 Å². The Balaban J connectivity index is 1.42. The van der Waals surface area contributed by atoms with E-state index >= 15 is 0 Å². The molecule has 0 aliphatic heterocycles. The van der Waals surface area contributed by atoms with Gasteiger partial charge in [-0.3, -0.25) is 4.79 Å². The molecule has 0 saturated heterocycles. The molecule has 25 heavy (non-hydrogen) atoms. The molecular formula is C22H25NO2. The van der Waals surface area contributed by atoms with Gasteiger partial charge in [0.2, 0.25) is 5.91 Å². The van der Waals surface area contributed by atoms with Gasteiger partial charge in [0.1, 0.15) is 0 Å². The topological polar surface area (TPSA) is 49.3 Å². The second-order valence-electron chi connectivity index (χ2n) is 7.67. The SMILES string of the molecule is O=C(NC1(CO)Cc2ccccc2C1)[C@@H]1CC[C@@H](c2ccccc2)C1. The van der Waals surface area contributed by atoms with Crippen LogP contribution in [0, 0.1) is 5.92 Å². The number of carbonyl (C=O) groups is 1. The minimum absolute atomic E-state index is 0.0117. The van der Waals surface area contributed by atoms with Crippen molar-refractivity contribution in [2.24, 2.45) is 5.92 Å². The molecule has 0 radical (unpaired) electrons. The van der Waals surface area contributed by atoms with Crippen LogP contribution in [-0.4, -0.2) is 23.2 Å². The summed E-state index contributed by atoms with van der Waals surface area (Å²) in [5.74, 6) is 0.639. The first-order chi connectivity index (χ1) is 12.2. The van der Waals surface area contributed by atoms with Crippen LogP contribution in [-0.2, 0) is 17.6 Å². The maximum Gasteiger partial charge on any atom is 0.223 e. The Morgan fingerprint density at radius 2 is 1.64 bits per heavy atom. The zero-order valence-electron chi connectivity index (χ0n) is 14.4. The minimum Gasteiger partial charge on any atom is -0.394 e. The van der Waals surface area contributed by atoms with E-state index in [1.165, 1.54) is 16.7 Å². The maximum absolute atomic E-state index is 12.9. The van der Waals surface area contributed by atoms with Crippen LogP contribution < -0.4 is 5.32 Å². The summed E-state index contributed by atoms with van der Waals surface area (Å²) in [4.78, 5) is 12.9. The van der Waals surface area contributed by atoms with Gasteiger partial charge in [0.25, 0.3) is 0 Å². The lowest BCUT2D eigenvalue weighted by Gasteiger charge is -2.29. The molecule has 0 bridgehead atoms. The van der Waals surface area contributed by atoms with Crippen molar-refractivity contribution in [3.05, 3.63) is 71.3 Å². The Labute approximate surface area is 149 Å². The Kier molecular flexibility index (Phi) is 4.34. The number of nitrogens with one attached hydrogen (secondary N) is 1. The van der Waals surface area contributed by atoms with Gasteiger partial charge in [0, 0.05) is 5.92 Å². The molecule has 130 valence electrons. The van der Waals surface area contributed by atoms with Crippen molar-refractivity contribution < 1.29 is 9.90 Å². The number of benzene rings is 2. The average molecular weight is 335 g/mol. The number of aliphatic hydroxyl groups excluding tert-OH is 1. The fraction of sp³-hybridized carbons (Fsp3) is 0.409. The number of carbonyl (C=O) groups excluding carboxylic acids is 1. The van der Waals surface area contributed by atoms with E-state index in [0.29, 0.717) is 5.92 Å². The molecule has 3 heteroatoms. The summed E-state index contributed by atoms with van der Waals surface area (Å²) in [5, 5.41) is 13.2. The molecule has 0 spiro atoms. The highest BCUT2D eigenvalue weighted by molar-refractivity contribution is 5.80. The Morgan fingerprint density at radius 3 is 2.28 bits per heavy atom. The first-order valence-electron chi connectivity index (χ1n) is 9.24. The van der Waals surface area contributed by atoms with Crippen LogP contribution in [0.1, 0.15) is 41.9 Å². The standard InChI is InChI=1S/C22H25NO2/c24-15-22(13-19-8-4-5-9-20(19)14-22)23-21(25)18-11-10-17(12-18)16-6-2-1-3-7-16/h1-9,17-18,24H,10-15H2,(H,23,25)/t17-,18-/m1/s1. The summed E-state index contributed by atoms with van der Waals surface area (Å²) < 4.78 is 0. The molecule has 1 fully saturated rings. The van der Waals surface area contributed by atoms with Crippen LogP contribution >= 0.6 is 0 Å². The predicted octanol–water partition coefficient (Wildman–Crippen LogP) is 3.22. The fourth-order valence-electron chi connectivity index (χ4n) is 4.54. The molecule has 2 atom stereocenters. The normalized spacial score (nSPS) is 24.0. The minimum atomic E-state index is -0.522. The van der Waals surface area contributed by atoms with Crippen molar-refractivity contribution in [2.75, 3.05) is 6.61 Å². The number of aliphatic hydroxyl groups is 1. The highest BCUT2D eigenvalue weighted by atomic mass is 16.3. The van der Waals surface area contributed by atoms with E-state index in [0.717, 1.165) is 32.1 Å². The van der Waals surface area contributed by atoms with Crippen LogP contribution in [0.4, 0.5) is 0 Å². The summed E-state index contributed by atoms with van der Waals surface area (Å²) in [6.45, 7) is -0.0117. The molecule has 2 aliphatic rings. The molecular weight excluding hydrogens is 310 g/mol. The third-order valence-corrected chi connectivity index (χ3v) is 5.94. The van der Waals surface area contributed by atoms with E-state index in [1.807, 2.05) is 18.2 Å². The molecule has 0 unspecified atom stereocenters. The summed E-state index contributed by atoms with van der Waals surface area (Å²) in [7, 11) is 0. The molecule has 2 aromatic rings. The van der Waals surface area contributed by atoms with Gasteiger partial charge in [-0.1, -0.05) is 54.6 Å². The summed E-state index contributed by atoms with van der Waals surface area (Å²) in [6.07, 6.45) is 4.35. The molecule has 0 heterocycles. The Morgan fingerprint density at radius 1 is 1.00 bits per heavy atom. The highest BCUT2D eigenvalue weighted by Crippen LogP contribution is 2.39. The Bertz CT molecular complexity index is 731. The van der Waals surface area contributed by atoms with Crippen molar-refractivity contribution in [1.29, 1.82) is 0 Å². The van der Waals surface area contributed by atoms with E-state index < -0.39 is 5.54 Å². The van der Waals surface area contributed by atoms with Gasteiger partial charge >= 0.3 is 0 Å². The Hall–Kier alpha value is -2.13. The smallest absolute Gasteiger partial charge is 0.223 e. The largest absolute Gasteiger partial charge is 0.394 e. The van der Waals surface area contributed by atoms with Crippen molar-refractivity contribution in [1.82, 2.24) is 5.32 Å². The van der Waals surface area contributed by atoms with Crippen molar-refractivity contribution in [2.45, 2.75) is 43.6 Å². The second-order valence-corrected chi connectivity index (χ2v) is 7.67. The van der Waals surface area contributed by atoms with Gasteiger partial charge in [-0.05, 0) is 54.7 Å². The van der Waals surface area contributed by atoms with E-state index in [4.69, 9.17) is 0 Å². The zero-order chi connectivity index (χ0) is 17.3. The first-order valence-corrected chi connectivity index (χ1v) is 9.24. The maximum atomic E-state index is 12.9. The van der Waals surface area contributed by atoms with Crippen molar-refractivity contribution >= 4 is 5.91 Å². The van der Waals surface area contributed by atoms with Crippen LogP contribution in [0.3, 0.4) is 0 Å². The molecule has 3 nitrogen and oxygen atoms in total. The number of fused-ring (bicyclic) bond motifs is 1. The summed E-state index contributed by atoms with van der Waals surface area (Å²) in [6, 6.07) is 18.7. The van der Waals surface area contributed by atoms with Crippen molar-refractivity contribution in [3.63, 3.8) is 0 Å². The highest BCUT2D eigenvalue weighted by Gasteiger charge is 2.40. The first kappa shape index (κ1) is 16.3. The number of hydrogen-bond acceptors (Lipinski definition) is 2. The van der Waals surface area contributed by atoms with Crippen molar-refractivity contribution in [3.8, 4) is 0 Å². The average Bonchev–Trinajstić information content (AvgIpc) is 3.27. The van der Waals surface area contributed by atoms with Gasteiger partial charge in [0.05, 0.1) is 12.1 Å². The monoisotopic (exact) mass is 335 g/mol. The molecule has 0 aromatic heterocycles. The molecule has 4 rings (SSSR count). The van der Waals surface area contributed by atoms with E-state index in [9.17, 15) is 9.90 Å². The van der Waals surface area contributed by atoms with E-state index in [1.54, 1.807) is 0 Å². The molecule has 2 aliphatic carbocycles. The van der Waals surface area contributed by atoms with Gasteiger partial charge < -0.3 is 10.4 Å². The number of amides is 1. The van der Waals surface area contributed by atoms with Crippen LogP contribution in [0.2, 0.25) is 0 Å². The fourth-order valence-corrected chi connectivity index (χ4v) is 4.54. The number of rotatable bonds is 4. The lowest BCUT2D eigenvalue weighted by atomic mass is 9.93. The van der Waals surface area contributed by atoms with Crippen LogP contribution in [0.15, 0.2) is 54.6 Å². The zero-order valence-corrected chi connectivity index (χ0v) is 14.4. The van der Waals surface area contributed by atoms with Gasteiger partial charge in [0.15, 0.2) is 0 Å². The molecule has 2 N–H and O–H groups in total. The van der Waals surface area contributed by atoms with Gasteiger partial charge in [-0.2, -0.15) is 0 Å². The van der Waals surface area contributed by atoms with Gasteiger partial charge in [-0.25, -0.2) is 0 Å². The summed E-state index contributed by atoms with van der Waals surface area (Å²) in [5.41, 5.74) is 3.30. The third-order valence-electron chi connectivity index (χ3n) is 5.94. The van der Waals surface area contributed by atoms with Crippen LogP contribution in [0.5, 0.6) is 0 Å². The third kappa shape index (κ3) is 3.21. The van der Waals surface area contributed by atoms with Crippen LogP contribution in [0.25, 0.3) is 0 Å². The van der Waals surface area contributed by atoms with E-state index in [-0.39, 0.29) is 18.4 Å². The lowest BCUT2D eigenvalue weighted by molar-refractivity contribution is -0.127. The number of hydrogen-bond donors (Lipinski definition) is 2.